The van der Waals surface area contributed by atoms with Crippen molar-refractivity contribution in [3.05, 3.63) is 48.1 Å². The molecule has 216 valence electrons. The van der Waals surface area contributed by atoms with Gasteiger partial charge in [-0.1, -0.05) is 6.07 Å². The molecular weight excluding hydrogens is 543 g/mol. The molecule has 0 aliphatic carbocycles. The standard InChI is InChI=1S/C26H33FN6O6S/c1-4-38-18-11-19(15-32(14-18)26-28-12-17(27)13-29-26)40(34,35)16-23-30-31-25(22-9-6-10-39-22)33(23)24-20(36-2)7-5-8-21(24)37-3/h5,7-8,12-13,18-19,22H,4,6,9-11,14-16H2,1-3H3/t18-,19-,22+/m0/s1. The van der Waals surface area contributed by atoms with Crippen molar-refractivity contribution in [3.8, 4) is 17.2 Å². The number of halogens is 1. The number of rotatable bonds is 10. The molecule has 0 radical (unpaired) electrons. The summed E-state index contributed by atoms with van der Waals surface area (Å²) in [5, 5.41) is 7.92. The van der Waals surface area contributed by atoms with E-state index in [1.807, 2.05) is 6.92 Å². The zero-order chi connectivity index (χ0) is 28.3. The third kappa shape index (κ3) is 5.74. The Morgan fingerprint density at radius 1 is 1.10 bits per heavy atom. The number of anilines is 1. The van der Waals surface area contributed by atoms with Gasteiger partial charge >= 0.3 is 0 Å². The van der Waals surface area contributed by atoms with Crippen LogP contribution in [0.2, 0.25) is 0 Å². The molecule has 2 fully saturated rings. The lowest BCUT2D eigenvalue weighted by Gasteiger charge is -2.37. The van der Waals surface area contributed by atoms with E-state index in [-0.39, 0.29) is 30.5 Å². The predicted octanol–water partition coefficient (Wildman–Crippen LogP) is 2.66. The van der Waals surface area contributed by atoms with Gasteiger partial charge in [0.15, 0.2) is 27.3 Å². The van der Waals surface area contributed by atoms with Gasteiger partial charge in [0, 0.05) is 26.3 Å². The maximum absolute atomic E-state index is 14.0. The fraction of sp³-hybridized carbons (Fsp3) is 0.538. The van der Waals surface area contributed by atoms with Crippen LogP contribution in [0, 0.1) is 5.82 Å². The quantitative estimate of drug-likeness (QED) is 0.353. The third-order valence-corrected chi connectivity index (χ3v) is 9.12. The molecule has 2 aliphatic rings. The Morgan fingerprint density at radius 3 is 2.45 bits per heavy atom. The highest BCUT2D eigenvalue weighted by atomic mass is 32.2. The van der Waals surface area contributed by atoms with Gasteiger partial charge in [-0.3, -0.25) is 4.57 Å². The SMILES string of the molecule is CCO[C@H]1C[C@H](S(=O)(=O)Cc2nnc([C@H]3CCCO3)n2-c2c(OC)cccc2OC)CN(c2ncc(F)cn2)C1. The Hall–Kier alpha value is -3.36. The summed E-state index contributed by atoms with van der Waals surface area (Å²) in [5.41, 5.74) is 0.505. The van der Waals surface area contributed by atoms with Crippen molar-refractivity contribution in [2.24, 2.45) is 0 Å². The van der Waals surface area contributed by atoms with Crippen molar-refractivity contribution in [1.29, 1.82) is 0 Å². The number of ether oxygens (including phenoxy) is 4. The van der Waals surface area contributed by atoms with E-state index in [4.69, 9.17) is 18.9 Å². The smallest absolute Gasteiger partial charge is 0.225 e. The third-order valence-electron chi connectivity index (χ3n) is 7.10. The minimum atomic E-state index is -3.81. The average molecular weight is 577 g/mol. The summed E-state index contributed by atoms with van der Waals surface area (Å²) in [5.74, 6) is 0.943. The average Bonchev–Trinajstić information content (AvgIpc) is 3.63. The zero-order valence-corrected chi connectivity index (χ0v) is 23.5. The van der Waals surface area contributed by atoms with Crippen molar-refractivity contribution >= 4 is 15.8 Å². The molecule has 2 aromatic heterocycles. The maximum Gasteiger partial charge on any atom is 0.225 e. The summed E-state index contributed by atoms with van der Waals surface area (Å²) in [6.45, 7) is 3.37. The number of nitrogens with zero attached hydrogens (tertiary/aromatic N) is 6. The molecular formula is C26H33FN6O6S. The number of aromatic nitrogens is 5. The van der Waals surface area contributed by atoms with Crippen LogP contribution in [0.1, 0.15) is 43.9 Å². The lowest BCUT2D eigenvalue weighted by Crippen LogP contribution is -2.50. The Balaban J connectivity index is 1.52. The van der Waals surface area contributed by atoms with Gasteiger partial charge in [-0.05, 0) is 38.3 Å². The molecule has 14 heteroatoms. The second kappa shape index (κ2) is 12.0. The fourth-order valence-corrected chi connectivity index (χ4v) is 6.96. The first-order valence-corrected chi connectivity index (χ1v) is 14.9. The molecule has 3 aromatic rings. The predicted molar refractivity (Wildman–Crippen MR) is 143 cm³/mol. The summed E-state index contributed by atoms with van der Waals surface area (Å²) in [6.07, 6.45) is 3.28. The Kier molecular flexibility index (Phi) is 8.47. The number of benzene rings is 1. The Bertz CT molecular complexity index is 1390. The van der Waals surface area contributed by atoms with Gasteiger partial charge in [-0.2, -0.15) is 0 Å². The van der Waals surface area contributed by atoms with Crippen molar-refractivity contribution in [2.45, 2.75) is 49.4 Å². The highest BCUT2D eigenvalue weighted by Crippen LogP contribution is 2.38. The van der Waals surface area contributed by atoms with Crippen molar-refractivity contribution < 1.29 is 31.8 Å². The van der Waals surface area contributed by atoms with Crippen molar-refractivity contribution in [1.82, 2.24) is 24.7 Å². The molecule has 2 saturated heterocycles. The van der Waals surface area contributed by atoms with Crippen LogP contribution in [0.25, 0.3) is 5.69 Å². The molecule has 0 amide bonds. The molecule has 4 heterocycles. The highest BCUT2D eigenvalue weighted by molar-refractivity contribution is 7.91. The van der Waals surface area contributed by atoms with E-state index in [2.05, 4.69) is 20.2 Å². The van der Waals surface area contributed by atoms with Crippen LogP contribution >= 0.6 is 0 Å². The number of para-hydroxylation sites is 1. The van der Waals surface area contributed by atoms with Gasteiger partial charge < -0.3 is 23.8 Å². The molecule has 2 aliphatic heterocycles. The number of methoxy groups -OCH3 is 2. The van der Waals surface area contributed by atoms with Crippen molar-refractivity contribution in [3.63, 3.8) is 0 Å². The van der Waals surface area contributed by atoms with E-state index >= 15 is 0 Å². The molecule has 1 aromatic carbocycles. The van der Waals surface area contributed by atoms with Gasteiger partial charge in [-0.15, -0.1) is 10.2 Å². The molecule has 0 saturated carbocycles. The highest BCUT2D eigenvalue weighted by Gasteiger charge is 2.39. The topological polar surface area (TPSA) is 131 Å². The van der Waals surface area contributed by atoms with E-state index in [1.165, 1.54) is 14.2 Å². The van der Waals surface area contributed by atoms with Gasteiger partial charge in [0.05, 0.1) is 38.0 Å². The zero-order valence-electron chi connectivity index (χ0n) is 22.7. The van der Waals surface area contributed by atoms with Crippen LogP contribution in [0.4, 0.5) is 10.3 Å². The molecule has 12 nitrogen and oxygen atoms in total. The lowest BCUT2D eigenvalue weighted by molar-refractivity contribution is 0.0531. The summed E-state index contributed by atoms with van der Waals surface area (Å²) in [4.78, 5) is 9.83. The van der Waals surface area contributed by atoms with Gasteiger partial charge in [-0.25, -0.2) is 22.8 Å². The molecule has 0 spiro atoms. The van der Waals surface area contributed by atoms with Crippen LogP contribution < -0.4 is 14.4 Å². The first kappa shape index (κ1) is 28.2. The van der Waals surface area contributed by atoms with Crippen LogP contribution in [0.3, 0.4) is 0 Å². The molecule has 3 atom stereocenters. The first-order chi connectivity index (χ1) is 19.3. The minimum absolute atomic E-state index is 0.127. The summed E-state index contributed by atoms with van der Waals surface area (Å²) in [7, 11) is -0.745. The van der Waals surface area contributed by atoms with Crippen LogP contribution in [0.5, 0.6) is 11.5 Å². The molecule has 0 N–H and O–H groups in total. The van der Waals surface area contributed by atoms with Gasteiger partial charge in [0.25, 0.3) is 0 Å². The van der Waals surface area contributed by atoms with Gasteiger partial charge in [0.1, 0.15) is 29.0 Å². The van der Waals surface area contributed by atoms with E-state index in [9.17, 15) is 12.8 Å². The van der Waals surface area contributed by atoms with E-state index in [1.54, 1.807) is 27.7 Å². The number of hydrogen-bond donors (Lipinski definition) is 0. The van der Waals surface area contributed by atoms with E-state index in [0.29, 0.717) is 49.2 Å². The Morgan fingerprint density at radius 2 is 1.82 bits per heavy atom. The molecule has 40 heavy (non-hydrogen) atoms. The maximum atomic E-state index is 14.0. The summed E-state index contributed by atoms with van der Waals surface area (Å²) < 4.78 is 66.2. The van der Waals surface area contributed by atoms with Crippen molar-refractivity contribution in [2.75, 3.05) is 45.4 Å². The Labute approximate surface area is 232 Å². The second-order valence-electron chi connectivity index (χ2n) is 9.67. The largest absolute Gasteiger partial charge is 0.494 e. The first-order valence-electron chi connectivity index (χ1n) is 13.2. The van der Waals surface area contributed by atoms with E-state index in [0.717, 1.165) is 25.2 Å². The molecule has 0 unspecified atom stereocenters. The second-order valence-corrected chi connectivity index (χ2v) is 12.0. The van der Waals surface area contributed by atoms with Crippen LogP contribution in [-0.2, 0) is 25.1 Å². The van der Waals surface area contributed by atoms with Gasteiger partial charge in [0.2, 0.25) is 5.95 Å². The fourth-order valence-electron chi connectivity index (χ4n) is 5.26. The van der Waals surface area contributed by atoms with Crippen LogP contribution in [-0.4, -0.2) is 85.0 Å². The minimum Gasteiger partial charge on any atom is -0.494 e. The summed E-state index contributed by atoms with van der Waals surface area (Å²) >= 11 is 0. The lowest BCUT2D eigenvalue weighted by atomic mass is 10.1. The molecule has 5 rings (SSSR count). The monoisotopic (exact) mass is 576 g/mol. The normalized spacial score (nSPS) is 21.5. The summed E-state index contributed by atoms with van der Waals surface area (Å²) in [6, 6.07) is 5.32. The van der Waals surface area contributed by atoms with Crippen LogP contribution in [0.15, 0.2) is 30.6 Å². The number of hydrogen-bond acceptors (Lipinski definition) is 11. The van der Waals surface area contributed by atoms with E-state index < -0.39 is 26.7 Å². The molecule has 0 bridgehead atoms. The number of piperidine rings is 1. The number of sulfone groups is 1.